The number of methoxy groups -OCH3 is 3. The van der Waals surface area contributed by atoms with Crippen LogP contribution in [0.2, 0.25) is 0 Å². The van der Waals surface area contributed by atoms with Gasteiger partial charge in [0.2, 0.25) is 0 Å². The predicted molar refractivity (Wildman–Crippen MR) is 91.3 cm³/mol. The van der Waals surface area contributed by atoms with Crippen LogP contribution in [-0.4, -0.2) is 44.0 Å². The number of hydrogen-bond acceptors (Lipinski definition) is 6. The lowest BCUT2D eigenvalue weighted by atomic mass is 10.1. The highest BCUT2D eigenvalue weighted by molar-refractivity contribution is 5.94. The second kappa shape index (κ2) is 7.43. The number of amides is 1. The number of nitrogens with zero attached hydrogens (tertiary/aromatic N) is 1. The van der Waals surface area contributed by atoms with Crippen LogP contribution >= 0.6 is 0 Å². The molecule has 0 unspecified atom stereocenters. The summed E-state index contributed by atoms with van der Waals surface area (Å²) in [6, 6.07) is 3.51. The third-order valence-corrected chi connectivity index (χ3v) is 4.26. The Kier molecular flexibility index (Phi) is 5.08. The molecule has 0 aliphatic carbocycles. The number of rotatable bonds is 6. The van der Waals surface area contributed by atoms with Crippen LogP contribution in [0.1, 0.15) is 27.3 Å². The molecule has 0 atom stereocenters. The van der Waals surface area contributed by atoms with Crippen molar-refractivity contribution >= 4 is 5.91 Å². The van der Waals surface area contributed by atoms with E-state index in [4.69, 9.17) is 14.2 Å². The summed E-state index contributed by atoms with van der Waals surface area (Å²) < 4.78 is 16.0. The summed E-state index contributed by atoms with van der Waals surface area (Å²) in [5, 5.41) is 13.3. The molecule has 2 heterocycles. The number of aromatic nitrogens is 2. The summed E-state index contributed by atoms with van der Waals surface area (Å²) in [5.74, 6) is 1.56. The first-order valence-electron chi connectivity index (χ1n) is 8.01. The standard InChI is InChI=1S/C17H22N4O4/c1-23-10-6-14(24-2)12(15(7-10)25-3)9-19-17(22)16-11-8-18-5-4-13(11)20-21-16/h6-7,18H,4-5,8-9H2,1-3H3,(H,19,22)(H,20,21). The highest BCUT2D eigenvalue weighted by Gasteiger charge is 2.22. The number of nitrogens with one attached hydrogen (secondary N) is 3. The minimum Gasteiger partial charge on any atom is -0.496 e. The van der Waals surface area contributed by atoms with Gasteiger partial charge < -0.3 is 24.8 Å². The summed E-state index contributed by atoms with van der Waals surface area (Å²) in [5.41, 5.74) is 3.11. The normalized spacial score (nSPS) is 13.1. The van der Waals surface area contributed by atoms with Crippen LogP contribution in [-0.2, 0) is 19.5 Å². The fraction of sp³-hybridized carbons (Fsp3) is 0.412. The van der Waals surface area contributed by atoms with Gasteiger partial charge in [-0.05, 0) is 0 Å². The van der Waals surface area contributed by atoms with E-state index in [9.17, 15) is 4.79 Å². The fourth-order valence-electron chi connectivity index (χ4n) is 2.92. The van der Waals surface area contributed by atoms with Crippen molar-refractivity contribution in [3.8, 4) is 17.2 Å². The Morgan fingerprint density at radius 2 is 1.92 bits per heavy atom. The monoisotopic (exact) mass is 346 g/mol. The summed E-state index contributed by atoms with van der Waals surface area (Å²) in [6.07, 6.45) is 0.843. The lowest BCUT2D eigenvalue weighted by Crippen LogP contribution is -2.28. The highest BCUT2D eigenvalue weighted by atomic mass is 16.5. The second-order valence-electron chi connectivity index (χ2n) is 5.65. The van der Waals surface area contributed by atoms with E-state index < -0.39 is 0 Å². The van der Waals surface area contributed by atoms with Crippen LogP contribution in [0.5, 0.6) is 17.2 Å². The lowest BCUT2D eigenvalue weighted by molar-refractivity contribution is 0.0944. The van der Waals surface area contributed by atoms with Gasteiger partial charge in [0.05, 0.1) is 33.4 Å². The van der Waals surface area contributed by atoms with Crippen molar-refractivity contribution in [1.29, 1.82) is 0 Å². The van der Waals surface area contributed by atoms with Crippen molar-refractivity contribution in [2.24, 2.45) is 0 Å². The molecule has 1 aliphatic rings. The molecule has 0 fully saturated rings. The van der Waals surface area contributed by atoms with Gasteiger partial charge in [-0.3, -0.25) is 9.89 Å². The van der Waals surface area contributed by atoms with E-state index in [1.54, 1.807) is 33.5 Å². The molecule has 1 aromatic carbocycles. The van der Waals surface area contributed by atoms with Crippen LogP contribution in [0.15, 0.2) is 12.1 Å². The maximum atomic E-state index is 12.5. The van der Waals surface area contributed by atoms with Gasteiger partial charge in [0, 0.05) is 42.9 Å². The summed E-state index contributed by atoms with van der Waals surface area (Å²) >= 11 is 0. The molecule has 0 radical (unpaired) electrons. The molecule has 3 rings (SSSR count). The van der Waals surface area contributed by atoms with Crippen molar-refractivity contribution in [3.05, 3.63) is 34.6 Å². The summed E-state index contributed by atoms with van der Waals surface area (Å²) in [6.45, 7) is 1.78. The van der Waals surface area contributed by atoms with Crippen LogP contribution in [0.25, 0.3) is 0 Å². The highest BCUT2D eigenvalue weighted by Crippen LogP contribution is 2.34. The van der Waals surface area contributed by atoms with Crippen LogP contribution in [0.3, 0.4) is 0 Å². The lowest BCUT2D eigenvalue weighted by Gasteiger charge is -2.16. The van der Waals surface area contributed by atoms with Crippen molar-refractivity contribution in [2.45, 2.75) is 19.5 Å². The molecule has 25 heavy (non-hydrogen) atoms. The van der Waals surface area contributed by atoms with Crippen LogP contribution in [0.4, 0.5) is 0 Å². The predicted octanol–water partition coefficient (Wildman–Crippen LogP) is 1.01. The number of fused-ring (bicyclic) bond motifs is 1. The maximum absolute atomic E-state index is 12.5. The Morgan fingerprint density at radius 1 is 1.20 bits per heavy atom. The van der Waals surface area contributed by atoms with E-state index in [2.05, 4.69) is 20.8 Å². The first-order chi connectivity index (χ1) is 12.2. The molecule has 1 amide bonds. The zero-order valence-electron chi connectivity index (χ0n) is 14.6. The molecule has 8 nitrogen and oxygen atoms in total. The van der Waals surface area contributed by atoms with Gasteiger partial charge in [-0.15, -0.1) is 0 Å². The third-order valence-electron chi connectivity index (χ3n) is 4.26. The Hall–Kier alpha value is -2.74. The quantitative estimate of drug-likeness (QED) is 0.722. The first kappa shape index (κ1) is 17.1. The van der Waals surface area contributed by atoms with Gasteiger partial charge >= 0.3 is 0 Å². The van der Waals surface area contributed by atoms with Crippen molar-refractivity contribution in [2.75, 3.05) is 27.9 Å². The molecule has 3 N–H and O–H groups in total. The van der Waals surface area contributed by atoms with E-state index in [0.29, 0.717) is 29.5 Å². The molecular formula is C17H22N4O4. The smallest absolute Gasteiger partial charge is 0.272 e. The zero-order valence-corrected chi connectivity index (χ0v) is 14.6. The van der Waals surface area contributed by atoms with Crippen molar-refractivity contribution < 1.29 is 19.0 Å². The Bertz CT molecular complexity index is 747. The van der Waals surface area contributed by atoms with Gasteiger partial charge in [-0.2, -0.15) is 5.10 Å². The van der Waals surface area contributed by atoms with Gasteiger partial charge in [-0.1, -0.05) is 0 Å². The minimum atomic E-state index is -0.235. The SMILES string of the molecule is COc1cc(OC)c(CNC(=O)c2n[nH]c3c2CNCC3)c(OC)c1. The van der Waals surface area contributed by atoms with E-state index >= 15 is 0 Å². The summed E-state index contributed by atoms with van der Waals surface area (Å²) in [4.78, 5) is 12.5. The maximum Gasteiger partial charge on any atom is 0.272 e. The Labute approximate surface area is 145 Å². The van der Waals surface area contributed by atoms with Gasteiger partial charge in [0.25, 0.3) is 5.91 Å². The van der Waals surface area contributed by atoms with E-state index in [-0.39, 0.29) is 12.5 Å². The molecule has 0 bridgehead atoms. The zero-order chi connectivity index (χ0) is 17.8. The van der Waals surface area contributed by atoms with E-state index in [0.717, 1.165) is 29.8 Å². The number of ether oxygens (including phenoxy) is 3. The molecule has 0 saturated heterocycles. The Morgan fingerprint density at radius 3 is 2.56 bits per heavy atom. The Balaban J connectivity index is 1.79. The number of hydrogen-bond donors (Lipinski definition) is 3. The number of H-pyrrole nitrogens is 1. The molecule has 0 saturated carbocycles. The van der Waals surface area contributed by atoms with Crippen molar-refractivity contribution in [3.63, 3.8) is 0 Å². The van der Waals surface area contributed by atoms with Crippen LogP contribution in [0, 0.1) is 0 Å². The fourth-order valence-corrected chi connectivity index (χ4v) is 2.92. The molecule has 134 valence electrons. The van der Waals surface area contributed by atoms with Gasteiger partial charge in [0.1, 0.15) is 17.2 Å². The molecular weight excluding hydrogens is 324 g/mol. The number of benzene rings is 1. The molecule has 8 heteroatoms. The van der Waals surface area contributed by atoms with Gasteiger partial charge in [-0.25, -0.2) is 0 Å². The number of aromatic amines is 1. The van der Waals surface area contributed by atoms with Gasteiger partial charge in [0.15, 0.2) is 5.69 Å². The van der Waals surface area contributed by atoms with Crippen LogP contribution < -0.4 is 24.8 Å². The molecule has 1 aromatic heterocycles. The summed E-state index contributed by atoms with van der Waals surface area (Å²) in [7, 11) is 4.70. The molecule has 1 aliphatic heterocycles. The topological polar surface area (TPSA) is 97.5 Å². The minimum absolute atomic E-state index is 0.235. The number of carbonyl (C=O) groups is 1. The second-order valence-corrected chi connectivity index (χ2v) is 5.65. The average molecular weight is 346 g/mol. The molecule has 2 aromatic rings. The van der Waals surface area contributed by atoms with E-state index in [1.165, 1.54) is 0 Å². The number of carbonyl (C=O) groups excluding carboxylic acids is 1. The molecule has 0 spiro atoms. The first-order valence-corrected chi connectivity index (χ1v) is 8.01. The van der Waals surface area contributed by atoms with Crippen molar-refractivity contribution in [1.82, 2.24) is 20.8 Å². The third kappa shape index (κ3) is 3.39. The largest absolute Gasteiger partial charge is 0.496 e. The average Bonchev–Trinajstić information content (AvgIpc) is 3.09. The van der Waals surface area contributed by atoms with E-state index in [1.807, 2.05) is 0 Å².